The molecule has 6 aromatic carbocycles. The first-order valence-electron chi connectivity index (χ1n) is 33.2. The van der Waals surface area contributed by atoms with E-state index in [9.17, 15) is 28.8 Å². The average molecular weight is 1430 g/mol. The Labute approximate surface area is 584 Å². The average Bonchev–Trinajstić information content (AvgIpc) is 0.871. The van der Waals surface area contributed by atoms with Gasteiger partial charge in [-0.25, -0.2) is 14.4 Å². The Balaban J connectivity index is 0.000000294. The van der Waals surface area contributed by atoms with Crippen molar-refractivity contribution in [2.45, 2.75) is 138 Å². The number of nitrogens with zero attached hydrogens (tertiary/aromatic N) is 4. The normalized spacial score (nSPS) is 14.9. The van der Waals surface area contributed by atoms with Gasteiger partial charge in [-0.1, -0.05) is 134 Å². The van der Waals surface area contributed by atoms with Crippen molar-refractivity contribution < 1.29 is 100 Å². The summed E-state index contributed by atoms with van der Waals surface area (Å²) in [4.78, 5) is 87.0. The second-order valence-electron chi connectivity index (χ2n) is 25.3. The zero-order valence-electron chi connectivity index (χ0n) is 57.0. The summed E-state index contributed by atoms with van der Waals surface area (Å²) in [5, 5.41) is 14.3. The van der Waals surface area contributed by atoms with Crippen LogP contribution in [0.1, 0.15) is 156 Å². The van der Waals surface area contributed by atoms with Gasteiger partial charge in [0.25, 0.3) is 17.7 Å². The zero-order valence-corrected chi connectivity index (χ0v) is 60.2. The minimum absolute atomic E-state index is 0. The molecule has 95 heavy (non-hydrogen) atoms. The van der Waals surface area contributed by atoms with Crippen molar-refractivity contribution in [3.63, 3.8) is 0 Å². The van der Waals surface area contributed by atoms with Crippen LogP contribution in [0.5, 0.6) is 0 Å². The lowest BCUT2D eigenvalue weighted by atomic mass is 10.0. The SMILES string of the molecule is CCOC(=O)c1cccc(C)c1NC(=O)C[N+]1(Cc2ccccc2)CCCC1.CCOC(=O)c1cccc(C)c1NC(=O)C[N+]1(Cc2ccccc2)CCCCCCC1.Cc1cccc(C(=O)OC(C)C)c1N(C)C(=O)C[N+]1(Cc2ccccc2)CCCCC1.O=C[O-].[Br-].[Br-]. The van der Waals surface area contributed by atoms with Crippen LogP contribution >= 0.6 is 0 Å². The lowest BCUT2D eigenvalue weighted by Gasteiger charge is -2.42. The highest BCUT2D eigenvalue weighted by Gasteiger charge is 2.38. The number of likely N-dealkylation sites (tertiary alicyclic amines) is 3. The largest absolute Gasteiger partial charge is 1.00 e. The van der Waals surface area contributed by atoms with Gasteiger partial charge in [-0.2, -0.15) is 0 Å². The van der Waals surface area contributed by atoms with Crippen LogP contribution in [0.25, 0.3) is 0 Å². The van der Waals surface area contributed by atoms with Crippen LogP contribution in [0.15, 0.2) is 146 Å². The molecular weight excluding hydrogens is 1330 g/mol. The summed E-state index contributed by atoms with van der Waals surface area (Å²) in [6, 6.07) is 47.6. The lowest BCUT2D eigenvalue weighted by molar-refractivity contribution is -0.937. The molecule has 3 aliphatic heterocycles. The molecule has 514 valence electrons. The number of amides is 3. The predicted molar refractivity (Wildman–Crippen MR) is 364 cm³/mol. The van der Waals surface area contributed by atoms with Gasteiger partial charge in [0, 0.05) is 43.1 Å². The maximum absolute atomic E-state index is 13.5. The molecule has 0 spiro atoms. The fourth-order valence-electron chi connectivity index (χ4n) is 13.2. The number of quaternary nitrogens is 3. The van der Waals surface area contributed by atoms with Crippen molar-refractivity contribution in [1.29, 1.82) is 0 Å². The third-order valence-corrected chi connectivity index (χ3v) is 17.6. The molecule has 0 aliphatic carbocycles. The van der Waals surface area contributed by atoms with E-state index < -0.39 is 18.4 Å². The van der Waals surface area contributed by atoms with Gasteiger partial charge in [-0.3, -0.25) is 14.4 Å². The number of ether oxygens (including phenoxy) is 3. The van der Waals surface area contributed by atoms with E-state index in [-0.39, 0.29) is 63.8 Å². The number of anilines is 3. The van der Waals surface area contributed by atoms with E-state index in [0.717, 1.165) is 128 Å². The number of likely N-dealkylation sites (N-methyl/N-ethyl adjacent to an activating group) is 1. The molecular formula is C76H100Br2N6O11. The van der Waals surface area contributed by atoms with E-state index in [4.69, 9.17) is 24.1 Å². The summed E-state index contributed by atoms with van der Waals surface area (Å²) < 4.78 is 18.1. The highest BCUT2D eigenvalue weighted by atomic mass is 79.9. The molecule has 3 saturated heterocycles. The maximum Gasteiger partial charge on any atom is 0.340 e. The van der Waals surface area contributed by atoms with Crippen LogP contribution in [-0.2, 0) is 53.0 Å². The molecule has 3 aliphatic rings. The number of carbonyl (C=O) groups is 7. The van der Waals surface area contributed by atoms with E-state index in [1.165, 1.54) is 42.4 Å². The number of esters is 3. The smallest absolute Gasteiger partial charge is 0.340 e. The third-order valence-electron chi connectivity index (χ3n) is 17.6. The second kappa shape index (κ2) is 40.8. The molecule has 9 rings (SSSR count). The van der Waals surface area contributed by atoms with Gasteiger partial charge >= 0.3 is 17.9 Å². The quantitative estimate of drug-likeness (QED) is 0.0365. The van der Waals surface area contributed by atoms with Gasteiger partial charge in [0.05, 0.1) is 92.3 Å². The number of piperidine rings is 1. The van der Waals surface area contributed by atoms with Gasteiger partial charge < -0.3 is 87.1 Å². The number of aryl methyl sites for hydroxylation is 3. The third kappa shape index (κ3) is 24.9. The molecule has 3 fully saturated rings. The molecule has 2 N–H and O–H groups in total. The molecule has 19 heteroatoms. The Morgan fingerprint density at radius 3 is 1.14 bits per heavy atom. The first kappa shape index (κ1) is 79.9. The minimum atomic E-state index is -0.500. The summed E-state index contributed by atoms with van der Waals surface area (Å²) in [5.74, 6) is -1.27. The van der Waals surface area contributed by atoms with Crippen molar-refractivity contribution >= 4 is 59.2 Å². The van der Waals surface area contributed by atoms with Crippen LogP contribution in [0, 0.1) is 20.8 Å². The summed E-state index contributed by atoms with van der Waals surface area (Å²) in [5.41, 5.74) is 9.42. The molecule has 0 bridgehead atoms. The summed E-state index contributed by atoms with van der Waals surface area (Å²) in [6.45, 7) is 22.9. The monoisotopic (exact) mass is 1430 g/mol. The van der Waals surface area contributed by atoms with Gasteiger partial charge in [0.15, 0.2) is 19.6 Å². The number of hydrogen-bond donors (Lipinski definition) is 2. The predicted octanol–water partition coefficient (Wildman–Crippen LogP) is 6.11. The number of nitrogens with one attached hydrogen (secondary N) is 2. The van der Waals surface area contributed by atoms with Gasteiger partial charge in [-0.05, 0) is 128 Å². The molecule has 0 saturated carbocycles. The fraction of sp³-hybridized carbons (Fsp3) is 0.434. The van der Waals surface area contributed by atoms with Gasteiger partial charge in [0.1, 0.15) is 19.6 Å². The van der Waals surface area contributed by atoms with Crippen molar-refractivity contribution in [3.8, 4) is 0 Å². The van der Waals surface area contributed by atoms with Crippen LogP contribution < -0.4 is 54.6 Å². The Bertz CT molecular complexity index is 3370. The Morgan fingerprint density at radius 2 is 0.779 bits per heavy atom. The first-order valence-corrected chi connectivity index (χ1v) is 33.2. The molecule has 3 amide bonds. The van der Waals surface area contributed by atoms with Crippen LogP contribution in [0.3, 0.4) is 0 Å². The Morgan fingerprint density at radius 1 is 0.463 bits per heavy atom. The topological polar surface area (TPSA) is 198 Å². The number of para-hydroxylation sites is 3. The van der Waals surface area contributed by atoms with Gasteiger partial charge in [0.2, 0.25) is 0 Å². The van der Waals surface area contributed by atoms with Crippen LogP contribution in [0.2, 0.25) is 0 Å². The Kier molecular flexibility index (Phi) is 34.3. The van der Waals surface area contributed by atoms with E-state index in [2.05, 4.69) is 71.3 Å². The molecule has 0 aromatic heterocycles. The number of carbonyl (C=O) groups excluding carboxylic acids is 7. The van der Waals surface area contributed by atoms with E-state index in [1.54, 1.807) is 50.1 Å². The summed E-state index contributed by atoms with van der Waals surface area (Å²) >= 11 is 0. The van der Waals surface area contributed by atoms with E-state index >= 15 is 0 Å². The highest BCUT2D eigenvalue weighted by Crippen LogP contribution is 2.31. The van der Waals surface area contributed by atoms with E-state index in [0.29, 0.717) is 66.6 Å². The maximum atomic E-state index is 13.5. The number of halogens is 2. The van der Waals surface area contributed by atoms with E-state index in [1.807, 2.05) is 95.3 Å². The number of carboxylic acid groups (broad SMARTS) is 1. The molecule has 3 heterocycles. The summed E-state index contributed by atoms with van der Waals surface area (Å²) in [7, 11) is 1.78. The highest BCUT2D eigenvalue weighted by molar-refractivity contribution is 6.05. The fourth-order valence-corrected chi connectivity index (χ4v) is 13.2. The number of hydrogen-bond acceptors (Lipinski definition) is 11. The van der Waals surface area contributed by atoms with Crippen LogP contribution in [0.4, 0.5) is 17.1 Å². The zero-order chi connectivity index (χ0) is 67.2. The van der Waals surface area contributed by atoms with Crippen molar-refractivity contribution in [1.82, 2.24) is 0 Å². The standard InChI is InChI=1S/C26H35N2O3.C26H34N2O3.C23H28N2O3.CH2O2.2BrH/c1-20(2)31-26(30)23-15-11-12-21(3)25(23)27(4)24(29)19-28(16-9-6-10-17-28)18-22-13-7-5-8-14-22;1-3-31-26(30)23-16-12-13-21(2)25(23)27-24(29)20-28(17-10-5-4-6-11-18-28)19-22-14-8-7-9-15-22;1-3-28-23(27)20-13-9-10-18(2)22(20)24-21(26)17-25(14-7-8-15-25)16-19-11-5-4-6-12-19;2-1-3;;/h5,7-8,11-15,20H,6,9-10,16-19H2,1-4H3;7-9,12-16H,3-6,10-11,17-20H2,1-2H3;4-6,9-13H,3,7-8,14-17H2,1-2H3;1H,(H,2,3);2*1H/q+1;;;;;/p-1. The second-order valence-corrected chi connectivity index (χ2v) is 25.3. The molecule has 17 nitrogen and oxygen atoms in total. The number of rotatable bonds is 21. The minimum Gasteiger partial charge on any atom is -1.00 e. The lowest BCUT2D eigenvalue weighted by Crippen LogP contribution is -3.00. The molecule has 6 aromatic rings. The first-order chi connectivity index (χ1) is 44.8. The number of benzene rings is 6. The van der Waals surface area contributed by atoms with Gasteiger partial charge in [-0.15, -0.1) is 0 Å². The summed E-state index contributed by atoms with van der Waals surface area (Å²) in [6.07, 6.45) is 11.6. The van der Waals surface area contributed by atoms with Crippen molar-refractivity contribution in [2.75, 3.05) is 94.7 Å². The van der Waals surface area contributed by atoms with Crippen LogP contribution in [-0.4, -0.2) is 141 Å². The Hall–Kier alpha value is -7.55. The van der Waals surface area contributed by atoms with Crippen molar-refractivity contribution in [2.24, 2.45) is 0 Å². The molecule has 0 radical (unpaired) electrons. The van der Waals surface area contributed by atoms with Crippen molar-refractivity contribution in [3.05, 3.63) is 196 Å². The molecule has 0 unspecified atom stereocenters. The molecule has 0 atom stereocenters.